The fraction of sp³-hybridized carbons (Fsp3) is 0.333. The molecule has 1 amide bonds. The van der Waals surface area contributed by atoms with Gasteiger partial charge in [-0.1, -0.05) is 18.2 Å². The largest absolute Gasteiger partial charge is 0.490 e. The molecule has 0 radical (unpaired) electrons. The van der Waals surface area contributed by atoms with Crippen molar-refractivity contribution < 1.29 is 32.2 Å². The number of alkyl halides is 3. The Morgan fingerprint density at radius 2 is 1.57 bits per heavy atom. The van der Waals surface area contributed by atoms with E-state index in [9.17, 15) is 18.0 Å². The lowest BCUT2D eigenvalue weighted by Crippen LogP contribution is -2.18. The molecule has 0 aliphatic rings. The van der Waals surface area contributed by atoms with Gasteiger partial charge < -0.3 is 14.2 Å². The second-order valence-corrected chi connectivity index (χ2v) is 5.88. The lowest BCUT2D eigenvalue weighted by atomic mass is 10.1. The Bertz CT molecular complexity index is 871. The molecule has 2 rings (SSSR count). The van der Waals surface area contributed by atoms with E-state index in [1.165, 1.54) is 30.3 Å². The molecule has 162 valence electrons. The van der Waals surface area contributed by atoms with Gasteiger partial charge in [-0.3, -0.25) is 4.79 Å². The van der Waals surface area contributed by atoms with Crippen molar-refractivity contribution >= 4 is 12.1 Å². The third-order valence-corrected chi connectivity index (χ3v) is 3.81. The van der Waals surface area contributed by atoms with Gasteiger partial charge >= 0.3 is 6.18 Å². The molecule has 0 heterocycles. The molecule has 0 aliphatic heterocycles. The number of carbonyl (C=O) groups is 1. The van der Waals surface area contributed by atoms with E-state index in [-0.39, 0.29) is 11.1 Å². The van der Waals surface area contributed by atoms with Gasteiger partial charge in [-0.15, -0.1) is 0 Å². The monoisotopic (exact) mass is 424 g/mol. The van der Waals surface area contributed by atoms with Gasteiger partial charge in [-0.05, 0) is 39.0 Å². The molecule has 0 atom stereocenters. The van der Waals surface area contributed by atoms with Gasteiger partial charge in [0.15, 0.2) is 11.5 Å². The number of amides is 1. The van der Waals surface area contributed by atoms with Crippen LogP contribution in [-0.2, 0) is 6.18 Å². The number of hydrogen-bond acceptors (Lipinski definition) is 5. The van der Waals surface area contributed by atoms with Gasteiger partial charge in [0.2, 0.25) is 5.75 Å². The molecular formula is C21H23F3N2O4. The Labute approximate surface area is 172 Å². The second-order valence-electron chi connectivity index (χ2n) is 5.88. The Hall–Kier alpha value is -3.23. The SMILES string of the molecule is CCOc1cc(C(=O)N/N=C/c2ccccc2C(F)(F)F)cc(OCC)c1OCC. The number of carbonyl (C=O) groups excluding carboxylic acids is 1. The molecule has 0 aliphatic carbocycles. The maximum atomic E-state index is 13.0. The molecule has 0 aromatic heterocycles. The molecule has 1 N–H and O–H groups in total. The topological polar surface area (TPSA) is 69.2 Å². The van der Waals surface area contributed by atoms with Crippen LogP contribution in [0.5, 0.6) is 17.2 Å². The van der Waals surface area contributed by atoms with Crippen LogP contribution in [0.2, 0.25) is 0 Å². The maximum Gasteiger partial charge on any atom is 0.417 e. The van der Waals surface area contributed by atoms with Crippen LogP contribution in [-0.4, -0.2) is 31.9 Å². The molecule has 30 heavy (non-hydrogen) atoms. The number of benzene rings is 2. The molecule has 0 spiro atoms. The lowest BCUT2D eigenvalue weighted by Gasteiger charge is -2.16. The summed E-state index contributed by atoms with van der Waals surface area (Å²) < 4.78 is 55.8. The average Bonchev–Trinajstić information content (AvgIpc) is 2.70. The molecule has 2 aromatic rings. The Morgan fingerprint density at radius 3 is 2.10 bits per heavy atom. The molecule has 0 bridgehead atoms. The molecule has 0 unspecified atom stereocenters. The van der Waals surface area contributed by atoms with Crippen molar-refractivity contribution in [2.45, 2.75) is 26.9 Å². The van der Waals surface area contributed by atoms with Crippen LogP contribution in [0.4, 0.5) is 13.2 Å². The zero-order valence-electron chi connectivity index (χ0n) is 16.9. The first-order valence-electron chi connectivity index (χ1n) is 9.37. The van der Waals surface area contributed by atoms with E-state index in [0.717, 1.165) is 12.3 Å². The summed E-state index contributed by atoms with van der Waals surface area (Å²) in [4.78, 5) is 12.5. The van der Waals surface area contributed by atoms with Crippen molar-refractivity contribution in [3.05, 3.63) is 53.1 Å². The van der Waals surface area contributed by atoms with E-state index in [4.69, 9.17) is 14.2 Å². The first-order chi connectivity index (χ1) is 14.3. The van der Waals surface area contributed by atoms with Gasteiger partial charge in [0, 0.05) is 11.1 Å². The minimum atomic E-state index is -4.53. The number of hydrazone groups is 1. The zero-order chi connectivity index (χ0) is 22.1. The van der Waals surface area contributed by atoms with Gasteiger partial charge in [0.1, 0.15) is 0 Å². The van der Waals surface area contributed by atoms with Crippen molar-refractivity contribution in [1.82, 2.24) is 5.43 Å². The minimum absolute atomic E-state index is 0.159. The first kappa shape index (κ1) is 23.1. The fourth-order valence-electron chi connectivity index (χ4n) is 2.61. The Balaban J connectivity index is 2.28. The predicted molar refractivity (Wildman–Crippen MR) is 106 cm³/mol. The zero-order valence-corrected chi connectivity index (χ0v) is 16.9. The van der Waals surface area contributed by atoms with E-state index in [1.807, 2.05) is 0 Å². The van der Waals surface area contributed by atoms with Crippen molar-refractivity contribution in [3.63, 3.8) is 0 Å². The quantitative estimate of drug-likeness (QED) is 0.469. The summed E-state index contributed by atoms with van der Waals surface area (Å²) in [6, 6.07) is 7.86. The molecule has 2 aromatic carbocycles. The highest BCUT2D eigenvalue weighted by Crippen LogP contribution is 2.39. The third-order valence-electron chi connectivity index (χ3n) is 3.81. The van der Waals surface area contributed by atoms with Crippen LogP contribution < -0.4 is 19.6 Å². The number of nitrogens with zero attached hydrogens (tertiary/aromatic N) is 1. The van der Waals surface area contributed by atoms with Gasteiger partial charge in [0.25, 0.3) is 5.91 Å². The number of hydrogen-bond donors (Lipinski definition) is 1. The van der Waals surface area contributed by atoms with Gasteiger partial charge in [0.05, 0.1) is 31.6 Å². The summed E-state index contributed by atoms with van der Waals surface area (Å²) in [5, 5.41) is 3.66. The van der Waals surface area contributed by atoms with Crippen LogP contribution in [0.25, 0.3) is 0 Å². The first-order valence-corrected chi connectivity index (χ1v) is 9.37. The number of rotatable bonds is 9. The molecule has 6 nitrogen and oxygen atoms in total. The Morgan fingerprint density at radius 1 is 1.00 bits per heavy atom. The van der Waals surface area contributed by atoms with E-state index >= 15 is 0 Å². The maximum absolute atomic E-state index is 13.0. The van der Waals surface area contributed by atoms with Gasteiger partial charge in [-0.25, -0.2) is 5.43 Å². The lowest BCUT2D eigenvalue weighted by molar-refractivity contribution is -0.137. The third kappa shape index (κ3) is 5.88. The van der Waals surface area contributed by atoms with Crippen molar-refractivity contribution in [2.24, 2.45) is 5.10 Å². The second kappa shape index (κ2) is 10.5. The summed E-state index contributed by atoms with van der Waals surface area (Å²) >= 11 is 0. The highest BCUT2D eigenvalue weighted by Gasteiger charge is 2.32. The molecule has 0 fully saturated rings. The van der Waals surface area contributed by atoms with Crippen LogP contribution >= 0.6 is 0 Å². The standard InChI is InChI=1S/C21H23F3N2O4/c1-4-28-17-11-15(12-18(29-5-2)19(17)30-6-3)20(27)26-25-13-14-9-7-8-10-16(14)21(22,23)24/h7-13H,4-6H2,1-3H3,(H,26,27)/b25-13+. The highest BCUT2D eigenvalue weighted by molar-refractivity contribution is 5.96. The van der Waals surface area contributed by atoms with Crippen molar-refractivity contribution in [2.75, 3.05) is 19.8 Å². The Kier molecular flexibility index (Phi) is 8.08. The average molecular weight is 424 g/mol. The molecular weight excluding hydrogens is 401 g/mol. The number of nitrogens with one attached hydrogen (secondary N) is 1. The summed E-state index contributed by atoms with van der Waals surface area (Å²) in [7, 11) is 0. The van der Waals surface area contributed by atoms with E-state index in [1.54, 1.807) is 20.8 Å². The van der Waals surface area contributed by atoms with Crippen molar-refractivity contribution in [3.8, 4) is 17.2 Å². The minimum Gasteiger partial charge on any atom is -0.490 e. The molecule has 0 saturated carbocycles. The smallest absolute Gasteiger partial charge is 0.417 e. The predicted octanol–water partition coefficient (Wildman–Crippen LogP) is 4.67. The van der Waals surface area contributed by atoms with E-state index in [2.05, 4.69) is 10.5 Å². The van der Waals surface area contributed by atoms with Crippen LogP contribution in [0, 0.1) is 0 Å². The highest BCUT2D eigenvalue weighted by atomic mass is 19.4. The van der Waals surface area contributed by atoms with E-state index in [0.29, 0.717) is 37.1 Å². The molecule has 9 heteroatoms. The van der Waals surface area contributed by atoms with Gasteiger partial charge in [-0.2, -0.15) is 18.3 Å². The normalized spacial score (nSPS) is 11.4. The summed E-state index contributed by atoms with van der Waals surface area (Å²) in [5.74, 6) is 0.379. The summed E-state index contributed by atoms with van der Waals surface area (Å²) in [6.07, 6.45) is -3.58. The van der Waals surface area contributed by atoms with Crippen LogP contribution in [0.15, 0.2) is 41.5 Å². The fourth-order valence-corrected chi connectivity index (χ4v) is 2.61. The number of halogens is 3. The van der Waals surface area contributed by atoms with Crippen LogP contribution in [0.1, 0.15) is 42.3 Å². The number of ether oxygens (including phenoxy) is 3. The summed E-state index contributed by atoms with van der Waals surface area (Å²) in [6.45, 7) is 6.41. The van der Waals surface area contributed by atoms with Crippen LogP contribution in [0.3, 0.4) is 0 Å². The van der Waals surface area contributed by atoms with E-state index < -0.39 is 17.6 Å². The molecule has 0 saturated heterocycles. The van der Waals surface area contributed by atoms with Crippen molar-refractivity contribution in [1.29, 1.82) is 0 Å². The summed E-state index contributed by atoms with van der Waals surface area (Å²) in [5.41, 5.74) is 1.38.